The first-order valence-electron chi connectivity index (χ1n) is 12.7. The van der Waals surface area contributed by atoms with Gasteiger partial charge in [-0.25, -0.2) is 9.37 Å². The average Bonchev–Trinajstić information content (AvgIpc) is 3.31. The molecule has 0 amide bonds. The Hall–Kier alpha value is -2.73. The van der Waals surface area contributed by atoms with E-state index < -0.39 is 16.0 Å². The van der Waals surface area contributed by atoms with E-state index in [1.54, 1.807) is 30.0 Å². The Labute approximate surface area is 226 Å². The first-order valence-corrected chi connectivity index (χ1v) is 14.6. The summed E-state index contributed by atoms with van der Waals surface area (Å²) in [6, 6.07) is 7.10. The molecule has 2 aliphatic rings. The molecule has 9 nitrogen and oxygen atoms in total. The predicted molar refractivity (Wildman–Crippen MR) is 146 cm³/mol. The molecule has 1 aliphatic heterocycles. The van der Waals surface area contributed by atoms with Crippen molar-refractivity contribution in [1.29, 1.82) is 0 Å². The highest BCUT2D eigenvalue weighted by Crippen LogP contribution is 2.49. The van der Waals surface area contributed by atoms with Crippen LogP contribution in [0.15, 0.2) is 41.5 Å². The zero-order valence-electron chi connectivity index (χ0n) is 21.3. The van der Waals surface area contributed by atoms with Gasteiger partial charge < -0.3 is 10.1 Å². The van der Waals surface area contributed by atoms with Gasteiger partial charge in [-0.05, 0) is 80.9 Å². The number of anilines is 1. The Kier molecular flexibility index (Phi) is 7.38. The fourth-order valence-corrected chi connectivity index (χ4v) is 6.71. The van der Waals surface area contributed by atoms with E-state index in [2.05, 4.69) is 15.0 Å². The predicted octanol–water partition coefficient (Wildman–Crippen LogP) is 4.68. The van der Waals surface area contributed by atoms with Gasteiger partial charge in [-0.1, -0.05) is 18.5 Å². The average molecular weight is 564 g/mol. The smallest absolute Gasteiger partial charge is 0.301 e. The van der Waals surface area contributed by atoms with Gasteiger partial charge in [0, 0.05) is 19.6 Å². The zero-order chi connectivity index (χ0) is 27.1. The fraction of sp³-hybridized carbons (Fsp3) is 0.462. The summed E-state index contributed by atoms with van der Waals surface area (Å²) in [6.45, 7) is 3.94. The van der Waals surface area contributed by atoms with Crippen LogP contribution in [0.2, 0.25) is 5.02 Å². The van der Waals surface area contributed by atoms with Crippen molar-refractivity contribution in [3.8, 4) is 11.5 Å². The summed E-state index contributed by atoms with van der Waals surface area (Å²) in [5.41, 5.74) is 0.583. The van der Waals surface area contributed by atoms with Crippen molar-refractivity contribution in [2.45, 2.75) is 45.1 Å². The summed E-state index contributed by atoms with van der Waals surface area (Å²) in [4.78, 5) is 18.0. The number of halogens is 2. The van der Waals surface area contributed by atoms with Crippen LogP contribution in [-0.2, 0) is 10.2 Å². The molecule has 2 fully saturated rings. The van der Waals surface area contributed by atoms with Gasteiger partial charge in [-0.15, -0.1) is 0 Å². The van der Waals surface area contributed by atoms with Gasteiger partial charge >= 0.3 is 10.2 Å². The van der Waals surface area contributed by atoms with Crippen LogP contribution in [0.4, 0.5) is 10.1 Å². The first-order chi connectivity index (χ1) is 18.1. The monoisotopic (exact) mass is 563 g/mol. The van der Waals surface area contributed by atoms with Crippen molar-refractivity contribution in [3.63, 3.8) is 0 Å². The maximum atomic E-state index is 14.7. The van der Waals surface area contributed by atoms with E-state index in [4.69, 9.17) is 16.3 Å². The third-order valence-electron chi connectivity index (χ3n) is 7.85. The van der Waals surface area contributed by atoms with E-state index in [0.717, 1.165) is 55.6 Å². The number of nitrogens with zero attached hydrogens (tertiary/aromatic N) is 3. The van der Waals surface area contributed by atoms with E-state index in [1.807, 2.05) is 0 Å². The molecule has 3 aromatic rings. The SMILES string of the molecule is CCN(C)S(=O)(=O)Nc1ccc(F)c(Oc2ccc3ncn([C@H]4CCC5(CCNCC5)C4)c(=O)c3c2)c1Cl. The van der Waals surface area contributed by atoms with Gasteiger partial charge in [0.2, 0.25) is 0 Å². The molecule has 1 saturated heterocycles. The third-order valence-corrected chi connectivity index (χ3v) is 9.78. The van der Waals surface area contributed by atoms with Gasteiger partial charge in [0.15, 0.2) is 11.6 Å². The molecule has 0 bridgehead atoms. The number of piperidine rings is 1. The van der Waals surface area contributed by atoms with Crippen molar-refractivity contribution in [1.82, 2.24) is 19.2 Å². The highest BCUT2D eigenvalue weighted by Gasteiger charge is 2.40. The minimum absolute atomic E-state index is 0.0266. The van der Waals surface area contributed by atoms with E-state index in [1.165, 1.54) is 19.2 Å². The van der Waals surface area contributed by atoms with E-state index in [0.29, 0.717) is 10.9 Å². The lowest BCUT2D eigenvalue weighted by molar-refractivity contribution is 0.201. The minimum atomic E-state index is -3.88. The number of ether oxygens (including phenoxy) is 1. The molecule has 1 aromatic heterocycles. The van der Waals surface area contributed by atoms with Crippen LogP contribution in [0.25, 0.3) is 10.9 Å². The lowest BCUT2D eigenvalue weighted by atomic mass is 9.77. The Bertz CT molecular complexity index is 1520. The Morgan fingerprint density at radius 3 is 2.76 bits per heavy atom. The number of aromatic nitrogens is 2. The van der Waals surface area contributed by atoms with Crippen molar-refractivity contribution in [3.05, 3.63) is 57.9 Å². The molecule has 0 radical (unpaired) electrons. The van der Waals surface area contributed by atoms with Crippen LogP contribution in [0.5, 0.6) is 11.5 Å². The van der Waals surface area contributed by atoms with Gasteiger partial charge in [-0.2, -0.15) is 12.7 Å². The van der Waals surface area contributed by atoms with Crippen LogP contribution in [-0.4, -0.2) is 49.0 Å². The topological polar surface area (TPSA) is 106 Å². The molecule has 12 heteroatoms. The van der Waals surface area contributed by atoms with Crippen molar-refractivity contribution in [2.75, 3.05) is 31.4 Å². The second kappa shape index (κ2) is 10.4. The van der Waals surface area contributed by atoms with Gasteiger partial charge in [0.05, 0.1) is 22.9 Å². The highest BCUT2D eigenvalue weighted by atomic mass is 35.5. The lowest BCUT2D eigenvalue weighted by Crippen LogP contribution is -2.35. The van der Waals surface area contributed by atoms with Crippen LogP contribution in [0.3, 0.4) is 0 Å². The number of hydrogen-bond donors (Lipinski definition) is 2. The number of rotatable bonds is 7. The normalized spacial score (nSPS) is 19.3. The number of benzene rings is 2. The molecular weight excluding hydrogens is 533 g/mol. The second-order valence-electron chi connectivity index (χ2n) is 10.1. The van der Waals surface area contributed by atoms with E-state index >= 15 is 0 Å². The van der Waals surface area contributed by atoms with Gasteiger partial charge in [-0.3, -0.25) is 14.1 Å². The Morgan fingerprint density at radius 2 is 2.03 bits per heavy atom. The molecule has 2 N–H and O–H groups in total. The lowest BCUT2D eigenvalue weighted by Gasteiger charge is -2.34. The van der Waals surface area contributed by atoms with Crippen LogP contribution in [0.1, 0.15) is 45.1 Å². The standard InChI is InChI=1S/C26H31ClFN5O4S/c1-3-32(2)38(35,36)31-22-7-5-20(28)24(23(22)27)37-18-4-6-21-19(14-18)25(34)33(16-30-21)17-8-9-26(15-17)10-12-29-13-11-26/h4-7,14,16-17,29,31H,3,8-13,15H2,1-2H3/t17-/m0/s1. The Balaban J connectivity index is 1.44. The summed E-state index contributed by atoms with van der Waals surface area (Å²) in [6.07, 6.45) is 6.84. The molecule has 0 unspecified atom stereocenters. The van der Waals surface area contributed by atoms with Crippen LogP contribution < -0.4 is 20.3 Å². The maximum Gasteiger partial charge on any atom is 0.301 e. The molecule has 1 atom stereocenters. The molecule has 38 heavy (non-hydrogen) atoms. The molecule has 5 rings (SSSR count). The van der Waals surface area contributed by atoms with Gasteiger partial charge in [0.25, 0.3) is 5.56 Å². The Morgan fingerprint density at radius 1 is 1.26 bits per heavy atom. The van der Waals surface area contributed by atoms with Crippen molar-refractivity contribution < 1.29 is 17.5 Å². The molecule has 1 spiro atoms. The minimum Gasteiger partial charge on any atom is -0.453 e. The highest BCUT2D eigenvalue weighted by molar-refractivity contribution is 7.90. The summed E-state index contributed by atoms with van der Waals surface area (Å²) < 4.78 is 50.5. The zero-order valence-corrected chi connectivity index (χ0v) is 22.9. The van der Waals surface area contributed by atoms with E-state index in [9.17, 15) is 17.6 Å². The second-order valence-corrected chi connectivity index (χ2v) is 12.3. The molecule has 204 valence electrons. The summed E-state index contributed by atoms with van der Waals surface area (Å²) in [7, 11) is -2.47. The number of fused-ring (bicyclic) bond motifs is 1. The molecule has 1 saturated carbocycles. The van der Waals surface area contributed by atoms with Crippen molar-refractivity contribution >= 4 is 38.4 Å². The molecular formula is C26H31ClFN5O4S. The largest absolute Gasteiger partial charge is 0.453 e. The number of hydrogen-bond acceptors (Lipinski definition) is 6. The molecule has 2 aromatic carbocycles. The fourth-order valence-electron chi connectivity index (χ4n) is 5.47. The third kappa shape index (κ3) is 5.12. The van der Waals surface area contributed by atoms with E-state index in [-0.39, 0.29) is 45.8 Å². The summed E-state index contributed by atoms with van der Waals surface area (Å²) in [5, 5.41) is 3.54. The molecule has 1 aliphatic carbocycles. The molecule has 2 heterocycles. The maximum absolute atomic E-state index is 14.7. The van der Waals surface area contributed by atoms with Gasteiger partial charge in [0.1, 0.15) is 10.8 Å². The number of nitrogens with one attached hydrogen (secondary N) is 2. The summed E-state index contributed by atoms with van der Waals surface area (Å²) in [5.74, 6) is -0.941. The first kappa shape index (κ1) is 26.9. The van der Waals surface area contributed by atoms with Crippen LogP contribution >= 0.6 is 11.6 Å². The van der Waals surface area contributed by atoms with Crippen molar-refractivity contribution in [2.24, 2.45) is 5.41 Å². The quantitative estimate of drug-likeness (QED) is 0.432. The van der Waals surface area contributed by atoms with Crippen LogP contribution in [0, 0.1) is 11.2 Å². The summed E-state index contributed by atoms with van der Waals surface area (Å²) >= 11 is 6.36.